The van der Waals surface area contributed by atoms with E-state index in [2.05, 4.69) is 59.2 Å². The first-order valence-electron chi connectivity index (χ1n) is 14.5. The molecule has 0 bridgehead atoms. The van der Waals surface area contributed by atoms with E-state index < -0.39 is 18.3 Å². The Bertz CT molecular complexity index is 1520. The number of fused-ring (bicyclic) bond motifs is 2. The molecule has 0 aliphatic carbocycles. The van der Waals surface area contributed by atoms with Crippen LogP contribution in [0.2, 0.25) is 0 Å². The van der Waals surface area contributed by atoms with Crippen LogP contribution in [0.4, 0.5) is 20.7 Å². The number of hydrogen-bond donors (Lipinski definition) is 1. The number of aromatic nitrogens is 2. The van der Waals surface area contributed by atoms with Gasteiger partial charge in [0, 0.05) is 55.4 Å². The second-order valence-electron chi connectivity index (χ2n) is 11.6. The number of nitriles is 1. The molecule has 6 rings (SSSR count). The fourth-order valence-electron chi connectivity index (χ4n) is 6.65. The molecule has 10 nitrogen and oxygen atoms in total. The number of carbonyl (C=O) groups is 1. The summed E-state index contributed by atoms with van der Waals surface area (Å²) in [4.78, 5) is 29.3. The number of halogens is 1. The molecular formula is C31H36FN7O3. The number of hydrogen-bond acceptors (Lipinski definition) is 8. The van der Waals surface area contributed by atoms with Crippen molar-refractivity contribution in [3.8, 4) is 12.1 Å². The van der Waals surface area contributed by atoms with E-state index in [-0.39, 0.29) is 31.6 Å². The van der Waals surface area contributed by atoms with Gasteiger partial charge in [0.15, 0.2) is 0 Å². The zero-order valence-corrected chi connectivity index (χ0v) is 24.0. The van der Waals surface area contributed by atoms with Crippen LogP contribution in [-0.2, 0) is 13.0 Å². The van der Waals surface area contributed by atoms with Gasteiger partial charge in [-0.25, -0.2) is 9.18 Å². The van der Waals surface area contributed by atoms with Gasteiger partial charge in [-0.3, -0.25) is 4.90 Å². The first-order valence-corrected chi connectivity index (χ1v) is 14.5. The SMILES string of the molecule is Cc1cccc2cccc(N3CCc4c(nc(OC[C@@H]5C[C@@H](F)CN5C)nc4N4CCN(C(=O)O)[C@@H](CC#N)C4)C3)c12. The van der Waals surface area contributed by atoms with Gasteiger partial charge in [0.25, 0.3) is 0 Å². The summed E-state index contributed by atoms with van der Waals surface area (Å²) in [6.45, 7) is 5.25. The predicted molar refractivity (Wildman–Crippen MR) is 158 cm³/mol. The molecule has 3 aliphatic rings. The lowest BCUT2D eigenvalue weighted by molar-refractivity contribution is 0.119. The van der Waals surface area contributed by atoms with Crippen LogP contribution < -0.4 is 14.5 Å². The van der Waals surface area contributed by atoms with Gasteiger partial charge in [-0.1, -0.05) is 30.3 Å². The second kappa shape index (κ2) is 11.6. The molecule has 2 saturated heterocycles. The number of nitrogens with zero attached hydrogens (tertiary/aromatic N) is 7. The van der Waals surface area contributed by atoms with Gasteiger partial charge in [-0.05, 0) is 43.8 Å². The minimum absolute atomic E-state index is 0.0580. The predicted octanol–water partition coefficient (Wildman–Crippen LogP) is 4.00. The first kappa shape index (κ1) is 28.0. The number of aryl methyl sites for hydroxylation is 1. The van der Waals surface area contributed by atoms with Crippen molar-refractivity contribution in [3.05, 3.63) is 53.2 Å². The lowest BCUT2D eigenvalue weighted by Gasteiger charge is -2.41. The number of anilines is 2. The molecule has 3 atom stereocenters. The molecule has 2 fully saturated rings. The van der Waals surface area contributed by atoms with E-state index in [1.807, 2.05) is 11.9 Å². The van der Waals surface area contributed by atoms with Gasteiger partial charge in [0.1, 0.15) is 18.6 Å². The molecule has 0 spiro atoms. The van der Waals surface area contributed by atoms with Gasteiger partial charge < -0.3 is 24.5 Å². The number of piperazine rings is 1. The largest absolute Gasteiger partial charge is 0.465 e. The molecule has 220 valence electrons. The number of likely N-dealkylation sites (tertiary alicyclic amines) is 1. The van der Waals surface area contributed by atoms with E-state index in [1.54, 1.807) is 0 Å². The third kappa shape index (κ3) is 5.39. The van der Waals surface area contributed by atoms with Crippen molar-refractivity contribution in [2.24, 2.45) is 0 Å². The van der Waals surface area contributed by atoms with Gasteiger partial charge in [0.2, 0.25) is 0 Å². The van der Waals surface area contributed by atoms with Gasteiger partial charge in [0.05, 0.1) is 30.8 Å². The lowest BCUT2D eigenvalue weighted by Crippen LogP contribution is -2.55. The molecule has 11 heteroatoms. The van der Waals surface area contributed by atoms with Crippen molar-refractivity contribution < 1.29 is 19.0 Å². The molecule has 1 amide bonds. The third-order valence-corrected chi connectivity index (χ3v) is 8.85. The number of carboxylic acid groups (broad SMARTS) is 1. The molecule has 2 aromatic carbocycles. The average molecular weight is 574 g/mol. The Kier molecular flexibility index (Phi) is 7.73. The molecule has 1 aromatic heterocycles. The van der Waals surface area contributed by atoms with Crippen molar-refractivity contribution in [3.63, 3.8) is 0 Å². The van der Waals surface area contributed by atoms with Crippen molar-refractivity contribution in [1.82, 2.24) is 19.8 Å². The number of benzene rings is 2. The highest BCUT2D eigenvalue weighted by atomic mass is 19.1. The molecule has 0 unspecified atom stereocenters. The van der Waals surface area contributed by atoms with Crippen LogP contribution in [0.1, 0.15) is 29.7 Å². The van der Waals surface area contributed by atoms with Crippen molar-refractivity contribution >= 4 is 28.4 Å². The van der Waals surface area contributed by atoms with E-state index in [1.165, 1.54) is 21.2 Å². The Morgan fingerprint density at radius 1 is 1.12 bits per heavy atom. The number of amides is 1. The van der Waals surface area contributed by atoms with Crippen LogP contribution in [0.3, 0.4) is 0 Å². The van der Waals surface area contributed by atoms with E-state index in [9.17, 15) is 19.6 Å². The summed E-state index contributed by atoms with van der Waals surface area (Å²) in [6, 6.07) is 14.6. The number of rotatable bonds is 6. The van der Waals surface area contributed by atoms with Crippen LogP contribution in [0.15, 0.2) is 36.4 Å². The average Bonchev–Trinajstić information content (AvgIpc) is 3.31. The molecule has 0 radical (unpaired) electrons. The van der Waals surface area contributed by atoms with Crippen molar-refractivity contribution in [2.45, 2.75) is 51.0 Å². The molecule has 3 aromatic rings. The highest BCUT2D eigenvalue weighted by molar-refractivity contribution is 5.97. The minimum atomic E-state index is -1.02. The topological polar surface area (TPSA) is 109 Å². The maximum atomic E-state index is 14.0. The molecule has 4 heterocycles. The quantitative estimate of drug-likeness (QED) is 0.468. The minimum Gasteiger partial charge on any atom is -0.465 e. The Morgan fingerprint density at radius 3 is 2.67 bits per heavy atom. The fourth-order valence-corrected chi connectivity index (χ4v) is 6.65. The maximum Gasteiger partial charge on any atom is 0.407 e. The summed E-state index contributed by atoms with van der Waals surface area (Å²) in [7, 11) is 1.90. The zero-order valence-electron chi connectivity index (χ0n) is 24.0. The fraction of sp³-hybridized carbons (Fsp3) is 0.484. The van der Waals surface area contributed by atoms with Crippen LogP contribution in [0.25, 0.3) is 10.8 Å². The van der Waals surface area contributed by atoms with Gasteiger partial charge >= 0.3 is 12.1 Å². The highest BCUT2D eigenvalue weighted by Crippen LogP contribution is 2.36. The Balaban J connectivity index is 1.34. The first-order chi connectivity index (χ1) is 20.3. The van der Waals surface area contributed by atoms with Crippen molar-refractivity contribution in [2.75, 3.05) is 56.2 Å². The smallest absolute Gasteiger partial charge is 0.407 e. The van der Waals surface area contributed by atoms with Crippen molar-refractivity contribution in [1.29, 1.82) is 5.26 Å². The summed E-state index contributed by atoms with van der Waals surface area (Å²) in [5.74, 6) is 0.736. The molecule has 3 aliphatic heterocycles. The summed E-state index contributed by atoms with van der Waals surface area (Å²) in [6.07, 6.45) is -0.661. The normalized spacial score (nSPS) is 22.7. The lowest BCUT2D eigenvalue weighted by atomic mass is 9.99. The number of alkyl halides is 1. The van der Waals surface area contributed by atoms with Crippen LogP contribution >= 0.6 is 0 Å². The summed E-state index contributed by atoms with van der Waals surface area (Å²) in [5, 5.41) is 21.5. The summed E-state index contributed by atoms with van der Waals surface area (Å²) < 4.78 is 20.1. The number of ether oxygens (including phenoxy) is 1. The van der Waals surface area contributed by atoms with E-state index in [4.69, 9.17) is 14.7 Å². The Morgan fingerprint density at radius 2 is 1.93 bits per heavy atom. The van der Waals surface area contributed by atoms with E-state index in [0.717, 1.165) is 29.3 Å². The van der Waals surface area contributed by atoms with Gasteiger partial charge in [-0.15, -0.1) is 0 Å². The molecule has 0 saturated carbocycles. The zero-order chi connectivity index (χ0) is 29.4. The highest BCUT2D eigenvalue weighted by Gasteiger charge is 2.35. The monoisotopic (exact) mass is 573 g/mol. The van der Waals surface area contributed by atoms with Crippen LogP contribution in [0, 0.1) is 18.3 Å². The maximum absolute atomic E-state index is 14.0. The Hall–Kier alpha value is -4.17. The number of likely N-dealkylation sites (N-methyl/N-ethyl adjacent to an activating group) is 1. The summed E-state index contributed by atoms with van der Waals surface area (Å²) >= 11 is 0. The second-order valence-corrected chi connectivity index (χ2v) is 11.6. The van der Waals surface area contributed by atoms with Gasteiger partial charge in [-0.2, -0.15) is 15.2 Å². The molecular weight excluding hydrogens is 537 g/mol. The molecule has 1 N–H and O–H groups in total. The Labute approximate surface area is 244 Å². The standard InChI is InChI=1S/C31H36FN7O3/c1-20-5-3-6-21-7-4-8-27(28(20)21)37-12-10-25-26(18-37)34-30(42-19-24-15-22(32)16-36(24)2)35-29(25)38-13-14-39(31(40)41)23(17-38)9-11-33/h3-8,22-24H,9-10,12-19H2,1-2H3,(H,40,41)/t22-,23+,24+/m1/s1. The van der Waals surface area contributed by atoms with E-state index >= 15 is 0 Å². The van der Waals surface area contributed by atoms with Crippen LogP contribution in [-0.4, -0.2) is 95.6 Å². The summed E-state index contributed by atoms with van der Waals surface area (Å²) in [5.41, 5.74) is 4.27. The third-order valence-electron chi connectivity index (χ3n) is 8.85. The molecule has 42 heavy (non-hydrogen) atoms. The van der Waals surface area contributed by atoms with E-state index in [0.29, 0.717) is 39.0 Å². The van der Waals surface area contributed by atoms with Crippen LogP contribution in [0.5, 0.6) is 6.01 Å².